The summed E-state index contributed by atoms with van der Waals surface area (Å²) in [5.74, 6) is -0.552. The molecule has 1 aromatic carbocycles. The minimum absolute atomic E-state index is 0. The monoisotopic (exact) mass is 492 g/mol. The highest BCUT2D eigenvalue weighted by Gasteiger charge is 2.68. The van der Waals surface area contributed by atoms with E-state index in [0.29, 0.717) is 12.5 Å². The molecule has 9 heteroatoms. The summed E-state index contributed by atoms with van der Waals surface area (Å²) in [4.78, 5) is 11.8. The molecule has 1 heterocycles. The van der Waals surface area contributed by atoms with Crippen LogP contribution in [0, 0.1) is 22.6 Å². The fraction of sp³-hybridized carbons (Fsp3) is 0.650. The van der Waals surface area contributed by atoms with E-state index in [2.05, 4.69) is 28.2 Å². The van der Waals surface area contributed by atoms with Crippen molar-refractivity contribution in [2.75, 3.05) is 11.1 Å². The Hall–Kier alpha value is -1.03. The highest BCUT2D eigenvalue weighted by atomic mass is 79.9. The van der Waals surface area contributed by atoms with E-state index in [1.807, 2.05) is 6.07 Å². The molecule has 164 valence electrons. The zero-order valence-electron chi connectivity index (χ0n) is 17.3. The Morgan fingerprint density at radius 3 is 2.52 bits per heavy atom. The summed E-state index contributed by atoms with van der Waals surface area (Å²) in [5, 5.41) is 3.32. The van der Waals surface area contributed by atoms with Gasteiger partial charge in [0.1, 0.15) is 5.82 Å². The Bertz CT molecular complexity index is 896. The van der Waals surface area contributed by atoms with Crippen LogP contribution in [0.5, 0.6) is 0 Å². The van der Waals surface area contributed by atoms with Crippen molar-refractivity contribution in [2.24, 2.45) is 16.7 Å². The number of quaternary nitrogens is 1. The second-order valence-electron chi connectivity index (χ2n) is 8.75. The summed E-state index contributed by atoms with van der Waals surface area (Å²) in [6.45, 7) is 5.70. The van der Waals surface area contributed by atoms with Crippen LogP contribution in [0.2, 0.25) is 0 Å². The average molecular weight is 493 g/mol. The molecule has 0 spiro atoms. The van der Waals surface area contributed by atoms with Crippen LogP contribution in [0.3, 0.4) is 0 Å². The molecule has 5 N–H and O–H groups in total. The maximum atomic E-state index is 12.8. The lowest BCUT2D eigenvalue weighted by atomic mass is 9.70. The summed E-state index contributed by atoms with van der Waals surface area (Å²) >= 11 is 3.33. The molecule has 1 aromatic rings. The lowest BCUT2D eigenvalue weighted by Crippen LogP contribution is -2.40. The van der Waals surface area contributed by atoms with E-state index in [-0.39, 0.29) is 28.5 Å². The number of carbonyl (C=O) groups is 1. The van der Waals surface area contributed by atoms with Crippen molar-refractivity contribution in [3.05, 3.63) is 29.6 Å². The molecule has 2 bridgehead atoms. The van der Waals surface area contributed by atoms with Crippen molar-refractivity contribution in [1.82, 2.24) is 6.15 Å². The van der Waals surface area contributed by atoms with Crippen LogP contribution in [0.25, 0.3) is 0 Å². The molecule has 4 rings (SSSR count). The number of rotatable bonds is 2. The smallest absolute Gasteiger partial charge is 0.153 e. The first-order chi connectivity index (χ1) is 12.9. The fourth-order valence-corrected chi connectivity index (χ4v) is 7.69. The van der Waals surface area contributed by atoms with Crippen LogP contribution in [0.15, 0.2) is 18.2 Å². The molecule has 2 saturated carbocycles. The molecular formula is C20H30BrFN2O4S. The molecule has 0 unspecified atom stereocenters. The third-order valence-corrected chi connectivity index (χ3v) is 8.98. The summed E-state index contributed by atoms with van der Waals surface area (Å²) < 4.78 is 45.7. The summed E-state index contributed by atoms with van der Waals surface area (Å²) in [6.07, 6.45) is 3.58. The van der Waals surface area contributed by atoms with E-state index in [1.165, 1.54) is 6.07 Å². The number of hydrogen-bond donors (Lipinski definition) is 2. The van der Waals surface area contributed by atoms with Crippen molar-refractivity contribution in [2.45, 2.75) is 57.3 Å². The van der Waals surface area contributed by atoms with E-state index >= 15 is 0 Å². The predicted octanol–water partition coefficient (Wildman–Crippen LogP) is 4.25. The molecule has 0 amide bonds. The number of hydrogen-bond acceptors (Lipinski definition) is 5. The van der Waals surface area contributed by atoms with E-state index < -0.39 is 26.7 Å². The van der Waals surface area contributed by atoms with Gasteiger partial charge < -0.3 is 16.0 Å². The van der Waals surface area contributed by atoms with E-state index in [0.717, 1.165) is 30.5 Å². The maximum absolute atomic E-state index is 12.8. The Morgan fingerprint density at radius 1 is 1.31 bits per heavy atom. The molecule has 2 aliphatic carbocycles. The summed E-state index contributed by atoms with van der Waals surface area (Å²) in [7, 11) is -4.30. The Labute approximate surface area is 180 Å². The first kappa shape index (κ1) is 24.2. The minimum Gasteiger partial charge on any atom is -0.748 e. The first-order valence-electron chi connectivity index (χ1n) is 9.54. The first-order valence-corrected chi connectivity index (χ1v) is 12.0. The van der Waals surface area contributed by atoms with Gasteiger partial charge in [-0.1, -0.05) is 29.8 Å². The van der Waals surface area contributed by atoms with Crippen molar-refractivity contribution in [3.8, 4) is 0 Å². The Kier molecular flexibility index (Phi) is 6.89. The summed E-state index contributed by atoms with van der Waals surface area (Å²) in [5.41, 5.74) is 0.825. The zero-order chi connectivity index (χ0) is 20.9. The van der Waals surface area contributed by atoms with E-state index in [9.17, 15) is 22.2 Å². The van der Waals surface area contributed by atoms with Crippen molar-refractivity contribution in [1.29, 1.82) is 0 Å². The van der Waals surface area contributed by atoms with Gasteiger partial charge in [0.15, 0.2) is 5.78 Å². The van der Waals surface area contributed by atoms with Crippen LogP contribution < -0.4 is 11.5 Å². The van der Waals surface area contributed by atoms with Gasteiger partial charge in [0.05, 0.1) is 14.9 Å². The molecule has 5 atom stereocenters. The van der Waals surface area contributed by atoms with Crippen LogP contribution in [-0.4, -0.2) is 35.4 Å². The van der Waals surface area contributed by atoms with Gasteiger partial charge in [-0.15, -0.1) is 0 Å². The number of nitrogens with one attached hydrogen (secondary N) is 1. The quantitative estimate of drug-likeness (QED) is 0.471. The molecule has 3 aliphatic rings. The SMILES string of the molecule is C[C@@H]1CCc2cc(F)ccc2N1.C[C@]12CC[C@H]([C@H](Br)C1=O)[C@]2(C)CS(=O)(=O)[O-].[NH4+]. The maximum Gasteiger partial charge on any atom is 0.153 e. The standard InChI is InChI=1S/C10H15BrO4S.C10H12FN.H3N/c1-9-4-3-6(7(11)8(9)12)10(9,2)5-16(13,14)15;1-7-2-3-8-6-9(11)4-5-10(8)12-7;/h6-7H,3-5H2,1-2H3,(H,13,14,15);4-7,12H,2-3H2,1H3;1H3/t6-,7+,9+,10+;7-;/m11./s1. The van der Waals surface area contributed by atoms with Crippen LogP contribution in [-0.2, 0) is 21.3 Å². The number of fused-ring (bicyclic) bond motifs is 3. The van der Waals surface area contributed by atoms with E-state index in [1.54, 1.807) is 19.9 Å². The number of anilines is 1. The van der Waals surface area contributed by atoms with Crippen LogP contribution >= 0.6 is 15.9 Å². The second-order valence-corrected chi connectivity index (χ2v) is 11.1. The van der Waals surface area contributed by atoms with Crippen molar-refractivity contribution in [3.63, 3.8) is 0 Å². The average Bonchev–Trinajstić information content (AvgIpc) is 2.90. The van der Waals surface area contributed by atoms with Gasteiger partial charge in [-0.3, -0.25) is 4.79 Å². The number of halogens is 2. The lowest BCUT2D eigenvalue weighted by Gasteiger charge is -2.37. The zero-order valence-corrected chi connectivity index (χ0v) is 19.7. The predicted molar refractivity (Wildman–Crippen MR) is 115 cm³/mol. The highest BCUT2D eigenvalue weighted by molar-refractivity contribution is 9.10. The molecular weight excluding hydrogens is 463 g/mol. The van der Waals surface area contributed by atoms with Gasteiger partial charge in [-0.05, 0) is 67.7 Å². The molecule has 0 saturated heterocycles. The van der Waals surface area contributed by atoms with Crippen molar-refractivity contribution >= 4 is 37.5 Å². The Balaban J connectivity index is 0.000000207. The third-order valence-electron chi connectivity index (χ3n) is 6.97. The highest BCUT2D eigenvalue weighted by Crippen LogP contribution is 2.65. The molecule has 0 aromatic heterocycles. The number of ketones is 1. The van der Waals surface area contributed by atoms with E-state index in [4.69, 9.17) is 0 Å². The minimum atomic E-state index is -4.30. The van der Waals surface area contributed by atoms with Gasteiger partial charge in [-0.2, -0.15) is 0 Å². The fourth-order valence-electron chi connectivity index (χ4n) is 5.07. The van der Waals surface area contributed by atoms with Crippen LogP contribution in [0.4, 0.5) is 10.1 Å². The van der Waals surface area contributed by atoms with Gasteiger partial charge in [0.2, 0.25) is 0 Å². The normalized spacial score (nSPS) is 35.1. The van der Waals surface area contributed by atoms with Gasteiger partial charge in [0, 0.05) is 22.9 Å². The number of Topliss-reactive ketones (excluding diaryl/α,β-unsaturated/α-hetero) is 1. The number of alkyl halides is 1. The number of aryl methyl sites for hydroxylation is 1. The summed E-state index contributed by atoms with van der Waals surface area (Å²) in [6, 6.07) is 5.46. The molecule has 1 aliphatic heterocycles. The molecule has 2 fully saturated rings. The second kappa shape index (κ2) is 8.24. The van der Waals surface area contributed by atoms with Crippen LogP contribution in [0.1, 0.15) is 45.6 Å². The third kappa shape index (κ3) is 4.38. The molecule has 0 radical (unpaired) electrons. The van der Waals surface area contributed by atoms with Gasteiger partial charge in [0.25, 0.3) is 0 Å². The van der Waals surface area contributed by atoms with Gasteiger partial charge in [-0.25, -0.2) is 12.8 Å². The number of carbonyl (C=O) groups excluding carboxylic acids is 1. The lowest BCUT2D eigenvalue weighted by molar-refractivity contribution is -0.127. The molecule has 29 heavy (non-hydrogen) atoms. The topological polar surface area (TPSA) is 123 Å². The number of benzene rings is 1. The van der Waals surface area contributed by atoms with Crippen molar-refractivity contribution < 1.29 is 22.2 Å². The molecule has 6 nitrogen and oxygen atoms in total. The Morgan fingerprint density at radius 2 is 1.97 bits per heavy atom. The largest absolute Gasteiger partial charge is 0.748 e. The van der Waals surface area contributed by atoms with Gasteiger partial charge >= 0.3 is 0 Å².